The van der Waals surface area contributed by atoms with Crippen LogP contribution in [0.1, 0.15) is 19.3 Å². The van der Waals surface area contributed by atoms with Crippen LogP contribution in [0, 0.1) is 0 Å². The fourth-order valence-electron chi connectivity index (χ4n) is 2.36. The molecule has 0 saturated carbocycles. The molecule has 21 heavy (non-hydrogen) atoms. The van der Waals surface area contributed by atoms with E-state index < -0.39 is 10.0 Å². The maximum absolute atomic E-state index is 12.3. The van der Waals surface area contributed by atoms with E-state index in [0.29, 0.717) is 12.2 Å². The Bertz CT molecular complexity index is 576. The second kappa shape index (κ2) is 6.86. The highest BCUT2D eigenvalue weighted by molar-refractivity contribution is 7.88. The molecule has 1 aromatic rings. The number of carbonyl (C=O) groups excluding carboxylic acids is 1. The van der Waals surface area contributed by atoms with Gasteiger partial charge in [-0.25, -0.2) is 17.9 Å². The molecular formula is C13H20N4O3S. The van der Waals surface area contributed by atoms with Crippen LogP contribution >= 0.6 is 0 Å². The third-order valence-electron chi connectivity index (χ3n) is 3.38. The standard InChI is InChI=1S/C13H20N4O3S/c1-21(19,20)15-10-12-6-2-3-8-17(12)13(18)16-11-5-4-7-14-9-11/h4-5,7,9,12,15H,2-3,6,8,10H2,1H3,(H,16,18)/t12-/m1/s1. The van der Waals surface area contributed by atoms with Crippen molar-refractivity contribution in [1.82, 2.24) is 14.6 Å². The van der Waals surface area contributed by atoms with Crippen LogP contribution in [0.5, 0.6) is 0 Å². The largest absolute Gasteiger partial charge is 0.322 e. The van der Waals surface area contributed by atoms with Crippen molar-refractivity contribution in [3.63, 3.8) is 0 Å². The number of piperidine rings is 1. The van der Waals surface area contributed by atoms with Crippen molar-refractivity contribution in [3.8, 4) is 0 Å². The first-order valence-corrected chi connectivity index (χ1v) is 8.77. The van der Waals surface area contributed by atoms with Gasteiger partial charge in [0.1, 0.15) is 0 Å². The number of rotatable bonds is 4. The summed E-state index contributed by atoms with van der Waals surface area (Å²) in [6.07, 6.45) is 7.04. The van der Waals surface area contributed by atoms with Gasteiger partial charge in [-0.15, -0.1) is 0 Å². The Morgan fingerprint density at radius 1 is 1.48 bits per heavy atom. The third-order valence-corrected chi connectivity index (χ3v) is 4.07. The van der Waals surface area contributed by atoms with E-state index in [1.54, 1.807) is 29.4 Å². The van der Waals surface area contributed by atoms with Crippen LogP contribution in [-0.2, 0) is 10.0 Å². The minimum Gasteiger partial charge on any atom is -0.320 e. The molecule has 1 fully saturated rings. The Hall–Kier alpha value is -1.67. The van der Waals surface area contributed by atoms with Gasteiger partial charge in [0.15, 0.2) is 0 Å². The van der Waals surface area contributed by atoms with E-state index in [9.17, 15) is 13.2 Å². The fourth-order valence-corrected chi connectivity index (χ4v) is 2.85. The predicted octanol–water partition coefficient (Wildman–Crippen LogP) is 1.02. The van der Waals surface area contributed by atoms with Gasteiger partial charge in [0.2, 0.25) is 10.0 Å². The number of aromatic nitrogens is 1. The fraction of sp³-hybridized carbons (Fsp3) is 0.538. The zero-order valence-corrected chi connectivity index (χ0v) is 12.8. The second-order valence-corrected chi connectivity index (χ2v) is 6.97. The van der Waals surface area contributed by atoms with Gasteiger partial charge in [0.25, 0.3) is 0 Å². The van der Waals surface area contributed by atoms with Gasteiger partial charge in [0, 0.05) is 25.3 Å². The van der Waals surface area contributed by atoms with Crippen LogP contribution in [0.4, 0.5) is 10.5 Å². The molecule has 0 aliphatic carbocycles. The molecule has 1 aromatic heterocycles. The maximum atomic E-state index is 12.3. The van der Waals surface area contributed by atoms with E-state index in [-0.39, 0.29) is 18.6 Å². The lowest BCUT2D eigenvalue weighted by atomic mass is 10.0. The number of hydrogen-bond acceptors (Lipinski definition) is 4. The molecule has 8 heteroatoms. The molecule has 2 N–H and O–H groups in total. The summed E-state index contributed by atoms with van der Waals surface area (Å²) in [7, 11) is -3.25. The van der Waals surface area contributed by atoms with Crippen molar-refractivity contribution in [3.05, 3.63) is 24.5 Å². The smallest absolute Gasteiger partial charge is 0.320 e. The van der Waals surface area contributed by atoms with Gasteiger partial charge in [-0.2, -0.15) is 0 Å². The van der Waals surface area contributed by atoms with E-state index in [0.717, 1.165) is 25.5 Å². The highest BCUT2D eigenvalue weighted by Gasteiger charge is 2.27. The zero-order valence-electron chi connectivity index (χ0n) is 11.9. The average Bonchev–Trinajstić information content (AvgIpc) is 2.46. The van der Waals surface area contributed by atoms with Crippen LogP contribution in [0.3, 0.4) is 0 Å². The Morgan fingerprint density at radius 2 is 2.29 bits per heavy atom. The van der Waals surface area contributed by atoms with Crippen molar-refractivity contribution >= 4 is 21.7 Å². The van der Waals surface area contributed by atoms with Gasteiger partial charge in [-0.3, -0.25) is 4.98 Å². The highest BCUT2D eigenvalue weighted by Crippen LogP contribution is 2.18. The van der Waals surface area contributed by atoms with Crippen molar-refractivity contribution in [2.45, 2.75) is 25.3 Å². The quantitative estimate of drug-likeness (QED) is 0.868. The molecule has 1 saturated heterocycles. The average molecular weight is 312 g/mol. The molecule has 1 atom stereocenters. The highest BCUT2D eigenvalue weighted by atomic mass is 32.2. The first-order chi connectivity index (χ1) is 9.96. The van der Waals surface area contributed by atoms with E-state index in [1.165, 1.54) is 0 Å². The first kappa shape index (κ1) is 15.7. The van der Waals surface area contributed by atoms with Crippen LogP contribution < -0.4 is 10.0 Å². The summed E-state index contributed by atoms with van der Waals surface area (Å²) in [5.74, 6) is 0. The molecule has 2 heterocycles. The molecule has 116 valence electrons. The molecule has 0 bridgehead atoms. The number of likely N-dealkylation sites (tertiary alicyclic amines) is 1. The van der Waals surface area contributed by atoms with Gasteiger partial charge in [-0.1, -0.05) is 0 Å². The second-order valence-electron chi connectivity index (χ2n) is 5.14. The van der Waals surface area contributed by atoms with Gasteiger partial charge in [-0.05, 0) is 31.4 Å². The molecular weight excluding hydrogens is 292 g/mol. The number of urea groups is 1. The number of anilines is 1. The van der Waals surface area contributed by atoms with Crippen molar-refractivity contribution in [1.29, 1.82) is 0 Å². The van der Waals surface area contributed by atoms with Crippen LogP contribution in [0.2, 0.25) is 0 Å². The van der Waals surface area contributed by atoms with Gasteiger partial charge < -0.3 is 10.2 Å². The summed E-state index contributed by atoms with van der Waals surface area (Å²) in [6, 6.07) is 3.17. The number of nitrogens with one attached hydrogen (secondary N) is 2. The zero-order chi connectivity index (χ0) is 15.3. The minimum atomic E-state index is -3.25. The van der Waals surface area contributed by atoms with Crippen LogP contribution in [0.15, 0.2) is 24.5 Å². The number of hydrogen-bond donors (Lipinski definition) is 2. The number of pyridine rings is 1. The van der Waals surface area contributed by atoms with Crippen molar-refractivity contribution in [2.75, 3.05) is 24.7 Å². The summed E-state index contributed by atoms with van der Waals surface area (Å²) < 4.78 is 24.9. The summed E-state index contributed by atoms with van der Waals surface area (Å²) >= 11 is 0. The maximum Gasteiger partial charge on any atom is 0.322 e. The van der Waals surface area contributed by atoms with Crippen molar-refractivity contribution < 1.29 is 13.2 Å². The molecule has 2 amide bonds. The topological polar surface area (TPSA) is 91.4 Å². The summed E-state index contributed by atoms with van der Waals surface area (Å²) in [5, 5.41) is 2.79. The Balaban J connectivity index is 1.99. The number of amides is 2. The lowest BCUT2D eigenvalue weighted by Gasteiger charge is -2.35. The summed E-state index contributed by atoms with van der Waals surface area (Å²) in [5.41, 5.74) is 0.628. The normalized spacial score (nSPS) is 19.3. The first-order valence-electron chi connectivity index (χ1n) is 6.88. The monoisotopic (exact) mass is 312 g/mol. The molecule has 0 radical (unpaired) electrons. The SMILES string of the molecule is CS(=O)(=O)NC[C@H]1CCCCN1C(=O)Nc1cccnc1. The Labute approximate surface area is 124 Å². The molecule has 7 nitrogen and oxygen atoms in total. The number of nitrogens with zero attached hydrogens (tertiary/aromatic N) is 2. The molecule has 1 aliphatic rings. The predicted molar refractivity (Wildman–Crippen MR) is 80.4 cm³/mol. The molecule has 2 rings (SSSR count). The molecule has 0 unspecified atom stereocenters. The minimum absolute atomic E-state index is 0.120. The van der Waals surface area contributed by atoms with E-state index in [4.69, 9.17) is 0 Å². The van der Waals surface area contributed by atoms with Crippen molar-refractivity contribution in [2.24, 2.45) is 0 Å². The third kappa shape index (κ3) is 4.98. The van der Waals surface area contributed by atoms with E-state index >= 15 is 0 Å². The molecule has 1 aliphatic heterocycles. The lowest BCUT2D eigenvalue weighted by molar-refractivity contribution is 0.164. The van der Waals surface area contributed by atoms with Gasteiger partial charge >= 0.3 is 6.03 Å². The summed E-state index contributed by atoms with van der Waals surface area (Å²) in [6.45, 7) is 0.876. The Morgan fingerprint density at radius 3 is 2.95 bits per heavy atom. The number of sulfonamides is 1. The summed E-state index contributed by atoms with van der Waals surface area (Å²) in [4.78, 5) is 17.9. The lowest BCUT2D eigenvalue weighted by Crippen LogP contribution is -2.50. The van der Waals surface area contributed by atoms with E-state index in [1.807, 2.05) is 0 Å². The Kier molecular flexibility index (Phi) is 5.13. The van der Waals surface area contributed by atoms with E-state index in [2.05, 4.69) is 15.0 Å². The van der Waals surface area contributed by atoms with Crippen LogP contribution in [-0.4, -0.2) is 49.7 Å². The van der Waals surface area contributed by atoms with Gasteiger partial charge in [0.05, 0.1) is 18.1 Å². The van der Waals surface area contributed by atoms with Crippen LogP contribution in [0.25, 0.3) is 0 Å². The molecule has 0 aromatic carbocycles. The molecule has 0 spiro atoms. The number of carbonyl (C=O) groups is 1.